The van der Waals surface area contributed by atoms with Crippen LogP contribution in [0, 0.1) is 40.4 Å². The predicted octanol–water partition coefficient (Wildman–Crippen LogP) is 4.97. The molecule has 24 heavy (non-hydrogen) atoms. The Kier molecular flexibility index (Phi) is 3.64. The van der Waals surface area contributed by atoms with Crippen LogP contribution < -0.4 is 0 Å². The number of fused-ring (bicyclic) bond motifs is 5. The first-order valence-electron chi connectivity index (χ1n) is 10.0. The van der Waals surface area contributed by atoms with Crippen LogP contribution >= 0.6 is 0 Å². The summed E-state index contributed by atoms with van der Waals surface area (Å²) < 4.78 is 0. The zero-order valence-corrected chi connectivity index (χ0v) is 15.7. The summed E-state index contributed by atoms with van der Waals surface area (Å²) in [6, 6.07) is 0. The maximum atomic E-state index is 12.2. The molecule has 0 saturated heterocycles. The third kappa shape index (κ3) is 2.07. The van der Waals surface area contributed by atoms with E-state index in [0.717, 1.165) is 31.1 Å². The third-order valence-electron chi connectivity index (χ3n) is 8.77. The fraction of sp³-hybridized carbons (Fsp3) is 0.818. The number of hydrogen-bond acceptors (Lipinski definition) is 2. The minimum atomic E-state index is 0.228. The Morgan fingerprint density at radius 1 is 1.12 bits per heavy atom. The SMILES string of the molecule is CC(=O)C1CCC2C3CC(C)C4=CC(=O)CCC4(C)C3CCC12C. The summed E-state index contributed by atoms with van der Waals surface area (Å²) in [7, 11) is 0. The average Bonchev–Trinajstić information content (AvgIpc) is 2.87. The van der Waals surface area contributed by atoms with Crippen molar-refractivity contribution >= 4 is 11.6 Å². The van der Waals surface area contributed by atoms with Crippen LogP contribution in [0.1, 0.15) is 72.6 Å². The van der Waals surface area contributed by atoms with Gasteiger partial charge in [-0.25, -0.2) is 0 Å². The zero-order chi connectivity index (χ0) is 17.3. The van der Waals surface area contributed by atoms with Gasteiger partial charge in [0, 0.05) is 12.3 Å². The molecule has 4 aliphatic carbocycles. The fourth-order valence-electron chi connectivity index (χ4n) is 7.65. The molecule has 132 valence electrons. The number of ketones is 2. The van der Waals surface area contributed by atoms with Gasteiger partial charge < -0.3 is 0 Å². The van der Waals surface area contributed by atoms with Crippen LogP contribution in [0.2, 0.25) is 0 Å². The van der Waals surface area contributed by atoms with Crippen molar-refractivity contribution in [3.63, 3.8) is 0 Å². The monoisotopic (exact) mass is 328 g/mol. The Labute approximate surface area is 146 Å². The van der Waals surface area contributed by atoms with Gasteiger partial charge >= 0.3 is 0 Å². The summed E-state index contributed by atoms with van der Waals surface area (Å²) in [6.45, 7) is 9.00. The highest BCUT2D eigenvalue weighted by Crippen LogP contribution is 2.67. The van der Waals surface area contributed by atoms with Gasteiger partial charge in [-0.3, -0.25) is 9.59 Å². The minimum absolute atomic E-state index is 0.228. The Hall–Kier alpha value is -0.920. The van der Waals surface area contributed by atoms with Crippen LogP contribution in [0.3, 0.4) is 0 Å². The number of Topliss-reactive ketones (excluding diaryl/α,β-unsaturated/α-hetero) is 1. The van der Waals surface area contributed by atoms with Crippen molar-refractivity contribution in [2.45, 2.75) is 72.6 Å². The number of carbonyl (C=O) groups is 2. The second-order valence-corrected chi connectivity index (χ2v) is 9.78. The number of carbonyl (C=O) groups excluding carboxylic acids is 2. The molecule has 4 aliphatic rings. The molecule has 2 nitrogen and oxygen atoms in total. The van der Waals surface area contributed by atoms with E-state index in [2.05, 4.69) is 20.8 Å². The van der Waals surface area contributed by atoms with E-state index in [1.165, 1.54) is 31.3 Å². The lowest BCUT2D eigenvalue weighted by Crippen LogP contribution is -2.52. The maximum Gasteiger partial charge on any atom is 0.155 e. The van der Waals surface area contributed by atoms with Crippen molar-refractivity contribution in [3.05, 3.63) is 11.6 Å². The molecule has 0 aliphatic heterocycles. The smallest absolute Gasteiger partial charge is 0.155 e. The highest BCUT2D eigenvalue weighted by molar-refractivity contribution is 5.91. The van der Waals surface area contributed by atoms with Crippen LogP contribution in [-0.2, 0) is 9.59 Å². The van der Waals surface area contributed by atoms with Crippen molar-refractivity contribution in [2.75, 3.05) is 0 Å². The summed E-state index contributed by atoms with van der Waals surface area (Å²) >= 11 is 0. The average molecular weight is 328 g/mol. The van der Waals surface area contributed by atoms with Crippen LogP contribution in [0.25, 0.3) is 0 Å². The lowest BCUT2D eigenvalue weighted by molar-refractivity contribution is -0.129. The van der Waals surface area contributed by atoms with Crippen molar-refractivity contribution in [2.24, 2.45) is 40.4 Å². The topological polar surface area (TPSA) is 34.1 Å². The highest BCUT2D eigenvalue weighted by atomic mass is 16.1. The van der Waals surface area contributed by atoms with Crippen molar-refractivity contribution in [3.8, 4) is 0 Å². The molecule has 2 heteroatoms. The molecule has 0 N–H and O–H groups in total. The molecule has 7 unspecified atom stereocenters. The first-order chi connectivity index (χ1) is 11.3. The number of rotatable bonds is 1. The summed E-state index contributed by atoms with van der Waals surface area (Å²) in [5.41, 5.74) is 1.91. The van der Waals surface area contributed by atoms with Crippen molar-refractivity contribution < 1.29 is 9.59 Å². The van der Waals surface area contributed by atoms with E-state index in [1.807, 2.05) is 13.0 Å². The fourth-order valence-corrected chi connectivity index (χ4v) is 7.65. The molecule has 0 spiro atoms. The molecule has 0 heterocycles. The van der Waals surface area contributed by atoms with Crippen LogP contribution in [0.15, 0.2) is 11.6 Å². The molecule has 3 saturated carbocycles. The molecule has 0 amide bonds. The highest BCUT2D eigenvalue weighted by Gasteiger charge is 2.60. The van der Waals surface area contributed by atoms with E-state index < -0.39 is 0 Å². The van der Waals surface area contributed by atoms with Crippen molar-refractivity contribution in [1.82, 2.24) is 0 Å². The maximum absolute atomic E-state index is 12.2. The van der Waals surface area contributed by atoms with Gasteiger partial charge in [0.25, 0.3) is 0 Å². The minimum Gasteiger partial charge on any atom is -0.300 e. The second-order valence-electron chi connectivity index (χ2n) is 9.78. The Morgan fingerprint density at radius 3 is 2.58 bits per heavy atom. The Morgan fingerprint density at radius 2 is 1.88 bits per heavy atom. The molecule has 0 aromatic heterocycles. The normalized spacial score (nSPS) is 50.6. The van der Waals surface area contributed by atoms with Gasteiger partial charge in [-0.1, -0.05) is 26.3 Å². The van der Waals surface area contributed by atoms with E-state index in [0.29, 0.717) is 23.4 Å². The molecule has 4 rings (SSSR count). The summed E-state index contributed by atoms with van der Waals surface area (Å²) in [4.78, 5) is 24.2. The van der Waals surface area contributed by atoms with Crippen molar-refractivity contribution in [1.29, 1.82) is 0 Å². The van der Waals surface area contributed by atoms with Gasteiger partial charge in [0.2, 0.25) is 0 Å². The summed E-state index contributed by atoms with van der Waals surface area (Å²) in [6.07, 6.45) is 9.80. The lowest BCUT2D eigenvalue weighted by atomic mass is 9.45. The second kappa shape index (κ2) is 5.29. The van der Waals surface area contributed by atoms with E-state index >= 15 is 0 Å². The molecular formula is C22H32O2. The van der Waals surface area contributed by atoms with E-state index in [9.17, 15) is 9.59 Å². The van der Waals surface area contributed by atoms with Gasteiger partial charge in [-0.05, 0) is 86.0 Å². The van der Waals surface area contributed by atoms with Gasteiger partial charge in [0.05, 0.1) is 0 Å². The predicted molar refractivity (Wildman–Crippen MR) is 95.4 cm³/mol. The number of allylic oxidation sites excluding steroid dienone is 1. The van der Waals surface area contributed by atoms with E-state index in [4.69, 9.17) is 0 Å². The van der Waals surface area contributed by atoms with Gasteiger partial charge in [-0.15, -0.1) is 0 Å². The largest absolute Gasteiger partial charge is 0.300 e. The lowest BCUT2D eigenvalue weighted by Gasteiger charge is -2.59. The van der Waals surface area contributed by atoms with Gasteiger partial charge in [0.1, 0.15) is 5.78 Å². The van der Waals surface area contributed by atoms with E-state index in [-0.39, 0.29) is 16.7 Å². The zero-order valence-electron chi connectivity index (χ0n) is 15.7. The van der Waals surface area contributed by atoms with Crippen LogP contribution in [-0.4, -0.2) is 11.6 Å². The summed E-state index contributed by atoms with van der Waals surface area (Å²) in [5, 5.41) is 0. The standard InChI is InChI=1S/C22H32O2/c1-13-11-16-18-6-5-17(14(2)23)21(18,3)10-8-19(16)22(4)9-7-15(24)12-20(13)22/h12-13,16-19H,5-11H2,1-4H3. The first kappa shape index (κ1) is 16.5. The first-order valence-corrected chi connectivity index (χ1v) is 10.0. The molecular weight excluding hydrogens is 296 g/mol. The van der Waals surface area contributed by atoms with Crippen LogP contribution in [0.4, 0.5) is 0 Å². The van der Waals surface area contributed by atoms with Gasteiger partial charge in [0.15, 0.2) is 5.78 Å². The quantitative estimate of drug-likeness (QED) is 0.681. The van der Waals surface area contributed by atoms with Crippen LogP contribution in [0.5, 0.6) is 0 Å². The third-order valence-corrected chi connectivity index (χ3v) is 8.77. The molecule has 0 aromatic carbocycles. The molecule has 0 bridgehead atoms. The number of hydrogen-bond donors (Lipinski definition) is 0. The summed E-state index contributed by atoms with van der Waals surface area (Å²) in [5.74, 6) is 3.75. The van der Waals surface area contributed by atoms with E-state index in [1.54, 1.807) is 0 Å². The Bertz CT molecular complexity index is 617. The Balaban J connectivity index is 1.71. The molecule has 3 fully saturated rings. The molecule has 7 atom stereocenters. The van der Waals surface area contributed by atoms with Gasteiger partial charge in [-0.2, -0.15) is 0 Å². The molecule has 0 radical (unpaired) electrons. The molecule has 0 aromatic rings.